The molecule has 5 rings (SSSR count). The Labute approximate surface area is 209 Å². The Morgan fingerprint density at radius 1 is 1.22 bits per heavy atom. The van der Waals surface area contributed by atoms with E-state index in [-0.39, 0.29) is 29.3 Å². The summed E-state index contributed by atoms with van der Waals surface area (Å²) in [6.45, 7) is 0.534. The van der Waals surface area contributed by atoms with Crippen molar-refractivity contribution in [3.63, 3.8) is 0 Å². The summed E-state index contributed by atoms with van der Waals surface area (Å²) in [6, 6.07) is 7.00. The summed E-state index contributed by atoms with van der Waals surface area (Å²) >= 11 is 6.73. The van der Waals surface area contributed by atoms with E-state index in [0.717, 1.165) is 12.8 Å². The zero-order valence-electron chi connectivity index (χ0n) is 18.8. The van der Waals surface area contributed by atoms with Gasteiger partial charge in [0, 0.05) is 19.1 Å². The van der Waals surface area contributed by atoms with E-state index in [0.29, 0.717) is 41.4 Å². The van der Waals surface area contributed by atoms with Crippen molar-refractivity contribution in [2.75, 3.05) is 28.6 Å². The number of nitrogens with zero attached hydrogens (tertiary/aromatic N) is 7. The molecule has 184 valence electrons. The molecule has 1 saturated carbocycles. The second-order valence-electron chi connectivity index (χ2n) is 8.65. The van der Waals surface area contributed by atoms with E-state index in [1.54, 1.807) is 17.0 Å². The lowest BCUT2D eigenvalue weighted by atomic mass is 10.0. The van der Waals surface area contributed by atoms with Gasteiger partial charge in [0.15, 0.2) is 17.2 Å². The number of amides is 1. The zero-order valence-corrected chi connectivity index (χ0v) is 19.6. The quantitative estimate of drug-likeness (QED) is 0.327. The van der Waals surface area contributed by atoms with E-state index >= 15 is 0 Å². The highest BCUT2D eigenvalue weighted by Crippen LogP contribution is 2.37. The van der Waals surface area contributed by atoms with Gasteiger partial charge in [-0.1, -0.05) is 11.6 Å². The number of piperidine rings is 1. The molecule has 36 heavy (non-hydrogen) atoms. The average Bonchev–Trinajstić information content (AvgIpc) is 3.57. The van der Waals surface area contributed by atoms with Crippen molar-refractivity contribution < 1.29 is 15.0 Å². The highest BCUT2D eigenvalue weighted by Gasteiger charge is 2.31. The second kappa shape index (κ2) is 9.37. The second-order valence-corrected chi connectivity index (χ2v) is 9.02. The van der Waals surface area contributed by atoms with Crippen molar-refractivity contribution >= 4 is 46.5 Å². The summed E-state index contributed by atoms with van der Waals surface area (Å²) in [5.74, 6) is 0.618. The highest BCUT2D eigenvalue weighted by atomic mass is 35.5. The Morgan fingerprint density at radius 2 is 2.03 bits per heavy atom. The largest absolute Gasteiger partial charge is 0.465 e. The van der Waals surface area contributed by atoms with Gasteiger partial charge in [-0.05, 0) is 31.4 Å². The molecule has 13 nitrogen and oxygen atoms in total. The van der Waals surface area contributed by atoms with Gasteiger partial charge in [-0.25, -0.2) is 9.78 Å². The number of β-amino-alcohol motifs (C(OH)–C–C–N with tert-alkyl or cyclic N) is 1. The highest BCUT2D eigenvalue weighted by molar-refractivity contribution is 6.36. The molecule has 1 amide bonds. The van der Waals surface area contributed by atoms with Gasteiger partial charge in [-0.3, -0.25) is 0 Å². The summed E-state index contributed by atoms with van der Waals surface area (Å²) in [6.07, 6.45) is 1.63. The number of halogens is 1. The van der Waals surface area contributed by atoms with Crippen LogP contribution in [0.1, 0.15) is 30.5 Å². The number of benzene rings is 1. The van der Waals surface area contributed by atoms with Gasteiger partial charge >= 0.3 is 6.09 Å². The third kappa shape index (κ3) is 4.62. The fourth-order valence-corrected chi connectivity index (χ4v) is 4.40. The van der Waals surface area contributed by atoms with Crippen LogP contribution < -0.4 is 20.9 Å². The number of nitrogens with one attached hydrogen (secondary N) is 3. The minimum atomic E-state index is -1.20. The van der Waals surface area contributed by atoms with Gasteiger partial charge in [-0.2, -0.15) is 20.0 Å². The molecule has 0 unspecified atom stereocenters. The average molecular weight is 509 g/mol. The van der Waals surface area contributed by atoms with Gasteiger partial charge < -0.3 is 31.1 Å². The summed E-state index contributed by atoms with van der Waals surface area (Å²) in [5, 5.41) is 51.8. The lowest BCUT2D eigenvalue weighted by molar-refractivity contribution is 0.108. The first-order valence-corrected chi connectivity index (χ1v) is 11.6. The maximum absolute atomic E-state index is 11.0. The third-order valence-electron chi connectivity index (χ3n) is 6.06. The molecule has 0 spiro atoms. The van der Waals surface area contributed by atoms with E-state index in [1.807, 2.05) is 0 Å². The molecule has 1 aliphatic carbocycles. The predicted octanol–water partition coefficient (Wildman–Crippen LogP) is 2.05. The number of aliphatic hydroxyl groups is 1. The molecule has 2 fully saturated rings. The molecule has 2 aromatic heterocycles. The number of aromatic nitrogens is 4. The van der Waals surface area contributed by atoms with Crippen LogP contribution >= 0.6 is 11.6 Å². The molecule has 0 radical (unpaired) electrons. The number of hydrogen-bond acceptors (Lipinski definition) is 10. The Kier molecular flexibility index (Phi) is 6.10. The van der Waals surface area contributed by atoms with Crippen LogP contribution in [0, 0.1) is 22.7 Å². The van der Waals surface area contributed by atoms with Crippen LogP contribution in [0.5, 0.6) is 0 Å². The van der Waals surface area contributed by atoms with Crippen molar-refractivity contribution in [3.05, 3.63) is 34.6 Å². The maximum atomic E-state index is 11.0. The SMILES string of the molecule is N#Cc1cc(Nc2nc(NC3CC3)c3ncc(C#N)n3n2)c(Cl)c(N2CC[C@H](NC(=O)O)[C@H](O)C2)c1. The van der Waals surface area contributed by atoms with Crippen molar-refractivity contribution in [2.24, 2.45) is 0 Å². The van der Waals surface area contributed by atoms with Gasteiger partial charge in [0.25, 0.3) is 0 Å². The van der Waals surface area contributed by atoms with Crippen LogP contribution in [0.4, 0.5) is 27.9 Å². The minimum Gasteiger partial charge on any atom is -0.465 e. The number of aliphatic hydroxyl groups excluding tert-OH is 1. The first-order chi connectivity index (χ1) is 17.4. The first-order valence-electron chi connectivity index (χ1n) is 11.2. The smallest absolute Gasteiger partial charge is 0.404 e. The molecule has 2 aliphatic rings. The first kappa shape index (κ1) is 23.4. The molecule has 2 atom stereocenters. The lowest BCUT2D eigenvalue weighted by Crippen LogP contribution is -2.54. The number of carbonyl (C=O) groups is 1. The molecule has 3 aromatic rings. The van der Waals surface area contributed by atoms with E-state index in [2.05, 4.69) is 43.2 Å². The van der Waals surface area contributed by atoms with Gasteiger partial charge in [0.05, 0.1) is 46.4 Å². The number of fused-ring (bicyclic) bond motifs is 1. The Morgan fingerprint density at radius 3 is 2.69 bits per heavy atom. The Hall–Kier alpha value is -4.33. The van der Waals surface area contributed by atoms with Crippen LogP contribution in [0.2, 0.25) is 5.02 Å². The van der Waals surface area contributed by atoms with E-state index in [9.17, 15) is 20.4 Å². The van der Waals surface area contributed by atoms with Gasteiger partial charge in [-0.15, -0.1) is 5.10 Å². The van der Waals surface area contributed by atoms with E-state index in [1.165, 1.54) is 10.7 Å². The van der Waals surface area contributed by atoms with Crippen molar-refractivity contribution in [1.29, 1.82) is 10.5 Å². The summed E-state index contributed by atoms with van der Waals surface area (Å²) in [7, 11) is 0. The van der Waals surface area contributed by atoms with Gasteiger partial charge in [0.1, 0.15) is 6.07 Å². The number of imidazole rings is 1. The minimum absolute atomic E-state index is 0.122. The molecule has 1 aliphatic heterocycles. The standard InChI is InChI=1S/C22H21ClN10O3/c23-18-15(5-11(7-24)6-16(18)32-4-3-14(17(34)10-32)29-22(35)36)28-21-30-19(27-12-1-2-12)20-26-9-13(8-25)33(20)31-21/h5-6,9,12,14,17,29,34H,1-4,10H2,(H,35,36)(H2,27,28,30,31)/t14-,17+/m0/s1. The van der Waals surface area contributed by atoms with Crippen LogP contribution in [-0.2, 0) is 0 Å². The topological polar surface area (TPSA) is 188 Å². The summed E-state index contributed by atoms with van der Waals surface area (Å²) < 4.78 is 1.39. The molecule has 1 aromatic carbocycles. The van der Waals surface area contributed by atoms with Gasteiger partial charge in [0.2, 0.25) is 5.95 Å². The van der Waals surface area contributed by atoms with Crippen LogP contribution in [0.15, 0.2) is 18.3 Å². The molecule has 5 N–H and O–H groups in total. The number of nitriles is 2. The van der Waals surface area contributed by atoms with Crippen LogP contribution in [0.25, 0.3) is 5.65 Å². The predicted molar refractivity (Wildman–Crippen MR) is 129 cm³/mol. The molecule has 3 heterocycles. The molecule has 0 bridgehead atoms. The number of anilines is 4. The van der Waals surface area contributed by atoms with Crippen LogP contribution in [-0.4, -0.2) is 67.2 Å². The summed E-state index contributed by atoms with van der Waals surface area (Å²) in [4.78, 5) is 21.5. The van der Waals surface area contributed by atoms with Crippen molar-refractivity contribution in [3.8, 4) is 12.1 Å². The van der Waals surface area contributed by atoms with E-state index < -0.39 is 18.2 Å². The van der Waals surface area contributed by atoms with Crippen LogP contribution in [0.3, 0.4) is 0 Å². The summed E-state index contributed by atoms with van der Waals surface area (Å²) in [5.41, 5.74) is 1.84. The molecular formula is C22H21ClN10O3. The monoisotopic (exact) mass is 508 g/mol. The fraction of sp³-hybridized carbons (Fsp3) is 0.364. The molecular weight excluding hydrogens is 488 g/mol. The normalized spacial score (nSPS) is 19.4. The van der Waals surface area contributed by atoms with Crippen molar-refractivity contribution in [2.45, 2.75) is 37.5 Å². The number of rotatable bonds is 6. The molecule has 1 saturated heterocycles. The maximum Gasteiger partial charge on any atom is 0.404 e. The zero-order chi connectivity index (χ0) is 25.4. The Balaban J connectivity index is 1.48. The third-order valence-corrected chi connectivity index (χ3v) is 6.45. The number of carboxylic acid groups (broad SMARTS) is 1. The molecule has 14 heteroatoms. The fourth-order valence-electron chi connectivity index (χ4n) is 4.12. The van der Waals surface area contributed by atoms with E-state index in [4.69, 9.17) is 16.7 Å². The Bertz CT molecular complexity index is 1420. The lowest BCUT2D eigenvalue weighted by Gasteiger charge is -2.37. The van der Waals surface area contributed by atoms with Crippen molar-refractivity contribution in [1.82, 2.24) is 24.9 Å². The number of hydrogen-bond donors (Lipinski definition) is 5.